The molecule has 1 aromatic rings. The number of hydrogen-bond donors (Lipinski definition) is 0. The zero-order chi connectivity index (χ0) is 5.82. The van der Waals surface area contributed by atoms with E-state index in [1.807, 2.05) is 30.3 Å². The summed E-state index contributed by atoms with van der Waals surface area (Å²) in [7, 11) is 1.66. The molecule has 0 spiro atoms. The molecule has 0 bridgehead atoms. The minimum absolute atomic E-state index is 0. The normalized spacial score (nSPS) is 6.27. The third-order valence-electron chi connectivity index (χ3n) is 0.979. The van der Waals surface area contributed by atoms with Crippen LogP contribution in [0.25, 0.3) is 0 Å². The Balaban J connectivity index is -0.000000213. The van der Waals surface area contributed by atoms with Crippen molar-refractivity contribution in [2.75, 3.05) is 7.11 Å². The van der Waals surface area contributed by atoms with Gasteiger partial charge in [0.1, 0.15) is 5.75 Å². The molecule has 11 heavy (non-hydrogen) atoms. The predicted octanol–water partition coefficient (Wildman–Crippen LogP) is -4.30. The van der Waals surface area contributed by atoms with Crippen molar-refractivity contribution in [3.63, 3.8) is 0 Å². The van der Waals surface area contributed by atoms with Gasteiger partial charge in [-0.05, 0) is 12.1 Å². The van der Waals surface area contributed by atoms with Crippen LogP contribution in [0.5, 0.6) is 5.75 Å². The monoisotopic (exact) mass is 554 g/mol. The van der Waals surface area contributed by atoms with Gasteiger partial charge in [-0.2, -0.15) is 0 Å². The van der Waals surface area contributed by atoms with Gasteiger partial charge in [-0.15, -0.1) is 0 Å². The summed E-state index contributed by atoms with van der Waals surface area (Å²) in [5.41, 5.74) is 0. The Morgan fingerprint density at radius 1 is 1.00 bits per heavy atom. The molecule has 0 atom stereocenters. The van der Waals surface area contributed by atoms with E-state index in [4.69, 9.17) is 4.74 Å². The van der Waals surface area contributed by atoms with Crippen LogP contribution in [0, 0.1) is 0 Å². The molecule has 0 aliphatic rings. The van der Waals surface area contributed by atoms with Crippen molar-refractivity contribution >= 4 is 0 Å². The van der Waals surface area contributed by atoms with Crippen molar-refractivity contribution in [2.45, 2.75) is 0 Å². The second kappa shape index (κ2) is 11.1. The van der Waals surface area contributed by atoms with Gasteiger partial charge < -0.3 is 52.7 Å². The molecule has 1 aromatic carbocycles. The van der Waals surface area contributed by atoms with Crippen LogP contribution >= 0.6 is 0 Å². The van der Waals surface area contributed by atoms with Crippen LogP contribution in [0.3, 0.4) is 0 Å². The maximum absolute atomic E-state index is 4.91. The van der Waals surface area contributed by atoms with E-state index in [2.05, 4.69) is 0 Å². The Hall–Kier alpha value is 1.12. The van der Waals surface area contributed by atoms with Crippen molar-refractivity contribution < 1.29 is 72.5 Å². The average molecular weight is 552 g/mol. The predicted molar refractivity (Wildman–Crippen MR) is 33.0 cm³/mol. The van der Waals surface area contributed by atoms with Crippen LogP contribution in [0.2, 0.25) is 0 Å². The molecule has 0 saturated carbocycles. The van der Waals surface area contributed by atoms with Crippen LogP contribution in [0.15, 0.2) is 30.3 Å². The Kier molecular flexibility index (Phi) is 18.2. The molecular formula is C7H8I2OOs. The van der Waals surface area contributed by atoms with E-state index in [1.54, 1.807) is 7.11 Å². The average Bonchev–Trinajstić information content (AvgIpc) is 1.90. The van der Waals surface area contributed by atoms with E-state index in [-0.39, 0.29) is 67.7 Å². The third-order valence-corrected chi connectivity index (χ3v) is 0.979. The van der Waals surface area contributed by atoms with Crippen molar-refractivity contribution in [3.8, 4) is 5.75 Å². The first kappa shape index (κ1) is 18.0. The molecule has 1 rings (SSSR count). The Bertz CT molecular complexity index is 158. The van der Waals surface area contributed by atoms with Crippen molar-refractivity contribution in [3.05, 3.63) is 30.3 Å². The molecule has 4 heteroatoms. The number of hydrogen-bond acceptors (Lipinski definition) is 1. The van der Waals surface area contributed by atoms with Crippen LogP contribution in [-0.4, -0.2) is 7.11 Å². The Labute approximate surface area is 114 Å². The van der Waals surface area contributed by atoms with Gasteiger partial charge in [0.05, 0.1) is 7.11 Å². The molecule has 0 unspecified atom stereocenters. The van der Waals surface area contributed by atoms with Gasteiger partial charge in [0.2, 0.25) is 0 Å². The Morgan fingerprint density at radius 2 is 1.45 bits per heavy atom. The summed E-state index contributed by atoms with van der Waals surface area (Å²) in [5, 5.41) is 0. The summed E-state index contributed by atoms with van der Waals surface area (Å²) < 4.78 is 4.91. The van der Waals surface area contributed by atoms with Crippen LogP contribution in [0.1, 0.15) is 0 Å². The summed E-state index contributed by atoms with van der Waals surface area (Å²) in [6.45, 7) is 0. The first-order valence-electron chi connectivity index (χ1n) is 2.52. The summed E-state index contributed by atoms with van der Waals surface area (Å²) in [6, 6.07) is 9.68. The quantitative estimate of drug-likeness (QED) is 0.321. The van der Waals surface area contributed by atoms with E-state index >= 15 is 0 Å². The van der Waals surface area contributed by atoms with Gasteiger partial charge in [0.25, 0.3) is 0 Å². The maximum Gasteiger partial charge on any atom is 2.00 e. The molecular weight excluding hydrogens is 544 g/mol. The third kappa shape index (κ3) is 7.48. The fourth-order valence-corrected chi connectivity index (χ4v) is 0.557. The molecule has 0 aliphatic carbocycles. The number of ether oxygens (including phenoxy) is 1. The molecule has 0 amide bonds. The van der Waals surface area contributed by atoms with Gasteiger partial charge in [-0.3, -0.25) is 0 Å². The number of halogens is 2. The number of methoxy groups -OCH3 is 1. The minimum atomic E-state index is 0. The van der Waals surface area contributed by atoms with Gasteiger partial charge in [0.15, 0.2) is 0 Å². The van der Waals surface area contributed by atoms with Gasteiger partial charge >= 0.3 is 19.8 Å². The van der Waals surface area contributed by atoms with Gasteiger partial charge in [-0.1, -0.05) is 18.2 Å². The van der Waals surface area contributed by atoms with Crippen molar-refractivity contribution in [2.24, 2.45) is 0 Å². The molecule has 0 saturated heterocycles. The van der Waals surface area contributed by atoms with E-state index < -0.39 is 0 Å². The van der Waals surface area contributed by atoms with E-state index in [9.17, 15) is 0 Å². The molecule has 0 fully saturated rings. The molecule has 0 aromatic heterocycles. The first-order chi connectivity index (χ1) is 3.93. The first-order valence-corrected chi connectivity index (χ1v) is 2.52. The molecule has 0 N–H and O–H groups in total. The molecule has 1 nitrogen and oxygen atoms in total. The van der Waals surface area contributed by atoms with Crippen LogP contribution in [-0.2, 0) is 19.8 Å². The molecule has 64 valence electrons. The van der Waals surface area contributed by atoms with Gasteiger partial charge in [-0.25, -0.2) is 0 Å². The van der Waals surface area contributed by atoms with E-state index in [0.29, 0.717) is 0 Å². The molecule has 0 heterocycles. The zero-order valence-corrected chi connectivity index (χ0v) is 12.8. The number of para-hydroxylation sites is 1. The van der Waals surface area contributed by atoms with E-state index in [1.165, 1.54) is 0 Å². The van der Waals surface area contributed by atoms with Crippen LogP contribution in [0.4, 0.5) is 0 Å². The Morgan fingerprint density at radius 3 is 1.73 bits per heavy atom. The SMILES string of the molecule is COc1ccccc1.[I-].[I-].[Os+2]. The second-order valence-corrected chi connectivity index (χ2v) is 1.52. The standard InChI is InChI=1S/C7H8O.2HI.Os/c1-8-7-5-3-2-4-6-7;;;/h2-6H,1H3;2*1H;/q;;;+2/p-2. The van der Waals surface area contributed by atoms with Crippen molar-refractivity contribution in [1.82, 2.24) is 0 Å². The summed E-state index contributed by atoms with van der Waals surface area (Å²) >= 11 is 0. The van der Waals surface area contributed by atoms with Gasteiger partial charge in [0, 0.05) is 0 Å². The number of benzene rings is 1. The summed E-state index contributed by atoms with van der Waals surface area (Å²) in [6.07, 6.45) is 0. The fourth-order valence-electron chi connectivity index (χ4n) is 0.557. The van der Waals surface area contributed by atoms with E-state index in [0.717, 1.165) is 5.75 Å². The number of rotatable bonds is 1. The minimum Gasteiger partial charge on any atom is -1.00 e. The second-order valence-electron chi connectivity index (χ2n) is 1.52. The smallest absolute Gasteiger partial charge is 1.00 e. The molecule has 0 radical (unpaired) electrons. The maximum atomic E-state index is 4.91. The molecule has 0 aliphatic heterocycles. The van der Waals surface area contributed by atoms with Crippen LogP contribution < -0.4 is 52.7 Å². The summed E-state index contributed by atoms with van der Waals surface area (Å²) in [4.78, 5) is 0. The zero-order valence-electron chi connectivity index (χ0n) is 5.90. The topological polar surface area (TPSA) is 9.23 Å². The van der Waals surface area contributed by atoms with Crippen molar-refractivity contribution in [1.29, 1.82) is 0 Å². The summed E-state index contributed by atoms with van der Waals surface area (Å²) in [5.74, 6) is 0.910. The largest absolute Gasteiger partial charge is 2.00 e. The fraction of sp³-hybridized carbons (Fsp3) is 0.143.